The Balaban J connectivity index is 0.000000141. The Morgan fingerprint density at radius 1 is 0.415 bits per heavy atom. The number of rotatable bonds is 4. The van der Waals surface area contributed by atoms with E-state index in [-0.39, 0.29) is 5.82 Å². The van der Waals surface area contributed by atoms with Crippen LogP contribution in [0.3, 0.4) is 0 Å². The molecule has 2 aliphatic rings. The van der Waals surface area contributed by atoms with E-state index in [1.54, 1.807) is 18.5 Å². The van der Waals surface area contributed by atoms with E-state index in [0.717, 1.165) is 92.0 Å². The number of halogens is 1. The normalized spacial score (nSPS) is 14.9. The van der Waals surface area contributed by atoms with Gasteiger partial charge < -0.3 is 19.6 Å². The molecule has 10 rings (SSSR count). The highest BCUT2D eigenvalue weighted by Crippen LogP contribution is 2.26. The van der Waals surface area contributed by atoms with Crippen molar-refractivity contribution >= 4 is 66.9 Å². The van der Waals surface area contributed by atoms with Crippen LogP contribution in [0.4, 0.5) is 27.7 Å². The van der Waals surface area contributed by atoms with Gasteiger partial charge in [0.15, 0.2) is 0 Å². The van der Waals surface area contributed by atoms with Crippen molar-refractivity contribution in [1.29, 1.82) is 0 Å². The van der Waals surface area contributed by atoms with Gasteiger partial charge in [0.25, 0.3) is 0 Å². The van der Waals surface area contributed by atoms with Gasteiger partial charge in [0.1, 0.15) is 17.5 Å². The number of hydrogen-bond acceptors (Lipinski definition) is 10. The van der Waals surface area contributed by atoms with Crippen molar-refractivity contribution in [2.45, 2.75) is 0 Å². The molecule has 2 aliphatic heterocycles. The Labute approximate surface area is 306 Å². The van der Waals surface area contributed by atoms with E-state index in [1.165, 1.54) is 27.6 Å². The molecule has 10 nitrogen and oxygen atoms in total. The summed E-state index contributed by atoms with van der Waals surface area (Å²) in [6, 6.07) is 33.8. The first kappa shape index (κ1) is 32.4. The first-order valence-electron chi connectivity index (χ1n) is 18.0. The fourth-order valence-electron chi connectivity index (χ4n) is 7.16. The molecule has 262 valence electrons. The van der Waals surface area contributed by atoms with E-state index in [9.17, 15) is 4.39 Å². The summed E-state index contributed by atoms with van der Waals surface area (Å²) in [4.78, 5) is 36.4. The van der Waals surface area contributed by atoms with Crippen LogP contribution in [0.25, 0.3) is 43.6 Å². The maximum atomic E-state index is 14.0. The lowest BCUT2D eigenvalue weighted by Gasteiger charge is -2.36. The van der Waals surface area contributed by atoms with Gasteiger partial charge in [-0.1, -0.05) is 60.7 Å². The SMILES string of the molecule is Fc1ccccc1N1CCN(c2cnc3cc4ccccc4cc3n2)CC1.c1cnc(N2CCN(c3cnc4cc5ccccc5cc4n3)CC2)nc1. The minimum atomic E-state index is -0.164. The number of hydrogen-bond donors (Lipinski definition) is 0. The number of piperazine rings is 2. The van der Waals surface area contributed by atoms with Crippen LogP contribution in [0.15, 0.2) is 128 Å². The van der Waals surface area contributed by atoms with Crippen LogP contribution in [0.2, 0.25) is 0 Å². The summed E-state index contributed by atoms with van der Waals surface area (Å²) in [6.45, 7) is 6.63. The number of para-hydroxylation sites is 1. The fourth-order valence-corrected chi connectivity index (χ4v) is 7.16. The molecule has 3 aromatic heterocycles. The number of aromatic nitrogens is 6. The van der Waals surface area contributed by atoms with Crippen LogP contribution in [-0.4, -0.2) is 82.3 Å². The van der Waals surface area contributed by atoms with Crippen molar-refractivity contribution in [3.8, 4) is 0 Å². The van der Waals surface area contributed by atoms with E-state index in [2.05, 4.69) is 94.1 Å². The molecular weight excluding hydrogens is 664 g/mol. The van der Waals surface area contributed by atoms with E-state index in [1.807, 2.05) is 48.8 Å². The zero-order valence-corrected chi connectivity index (χ0v) is 29.1. The zero-order chi connectivity index (χ0) is 35.6. The number of fused-ring (bicyclic) bond motifs is 4. The third-order valence-electron chi connectivity index (χ3n) is 10.0. The quantitative estimate of drug-likeness (QED) is 0.177. The molecule has 5 aromatic carbocycles. The molecule has 11 heteroatoms. The van der Waals surface area contributed by atoms with Gasteiger partial charge >= 0.3 is 0 Å². The minimum Gasteiger partial charge on any atom is -0.366 e. The van der Waals surface area contributed by atoms with Crippen LogP contribution >= 0.6 is 0 Å². The summed E-state index contributed by atoms with van der Waals surface area (Å²) in [6.07, 6.45) is 7.29. The van der Waals surface area contributed by atoms with Crippen LogP contribution in [-0.2, 0) is 0 Å². The molecule has 53 heavy (non-hydrogen) atoms. The summed E-state index contributed by atoms with van der Waals surface area (Å²) in [7, 11) is 0. The standard InChI is InChI=1S/C22H19FN4.C20H18N6/c23-18-7-3-4-8-21(18)26-9-11-27(12-10-26)22-15-24-19-13-16-5-1-2-6-17(16)14-20(19)25-22;1-2-5-16-13-18-17(12-15(16)4-1)23-14-19(24-18)25-8-10-26(11-9-25)20-21-6-3-7-22-20/h1-8,13-15H,9-12H2;1-7,12-14H,8-11H2. The third-order valence-corrected chi connectivity index (χ3v) is 10.0. The van der Waals surface area contributed by atoms with Crippen LogP contribution in [0, 0.1) is 5.82 Å². The lowest BCUT2D eigenvalue weighted by molar-refractivity contribution is 0.596. The molecule has 0 bridgehead atoms. The Kier molecular flexibility index (Phi) is 8.72. The van der Waals surface area contributed by atoms with E-state index in [0.29, 0.717) is 5.69 Å². The van der Waals surface area contributed by atoms with Crippen LogP contribution in [0.1, 0.15) is 0 Å². The van der Waals surface area contributed by atoms with Gasteiger partial charge in [0, 0.05) is 64.8 Å². The van der Waals surface area contributed by atoms with Gasteiger partial charge in [-0.15, -0.1) is 0 Å². The second-order valence-corrected chi connectivity index (χ2v) is 13.3. The summed E-state index contributed by atoms with van der Waals surface area (Å²) in [5.74, 6) is 2.44. The first-order valence-corrected chi connectivity index (χ1v) is 18.0. The van der Waals surface area contributed by atoms with Crippen molar-refractivity contribution in [3.05, 3.63) is 134 Å². The van der Waals surface area contributed by atoms with Gasteiger partial charge in [0.2, 0.25) is 5.95 Å². The molecule has 5 heterocycles. The lowest BCUT2D eigenvalue weighted by atomic mass is 10.1. The average molecular weight is 701 g/mol. The second-order valence-electron chi connectivity index (χ2n) is 13.3. The predicted molar refractivity (Wildman–Crippen MR) is 211 cm³/mol. The molecule has 2 saturated heterocycles. The number of nitrogens with zero attached hydrogens (tertiary/aromatic N) is 10. The van der Waals surface area contributed by atoms with E-state index < -0.39 is 0 Å². The monoisotopic (exact) mass is 700 g/mol. The second kappa shape index (κ2) is 14.3. The molecule has 0 spiro atoms. The van der Waals surface area contributed by atoms with Gasteiger partial charge in [0.05, 0.1) is 40.1 Å². The third kappa shape index (κ3) is 6.81. The topological polar surface area (TPSA) is 90.3 Å². The Morgan fingerprint density at radius 3 is 1.32 bits per heavy atom. The minimum absolute atomic E-state index is 0.164. The average Bonchev–Trinajstić information content (AvgIpc) is 3.22. The summed E-state index contributed by atoms with van der Waals surface area (Å²) in [5.41, 5.74) is 4.36. The van der Waals surface area contributed by atoms with Crippen molar-refractivity contribution < 1.29 is 4.39 Å². The maximum Gasteiger partial charge on any atom is 0.225 e. The molecule has 0 unspecified atom stereocenters. The lowest BCUT2D eigenvalue weighted by Crippen LogP contribution is -2.47. The molecule has 0 amide bonds. The Bertz CT molecular complexity index is 2530. The van der Waals surface area contributed by atoms with Crippen molar-refractivity contribution in [2.75, 3.05) is 72.0 Å². The van der Waals surface area contributed by atoms with Crippen LogP contribution < -0.4 is 19.6 Å². The fraction of sp³-hybridized carbons (Fsp3) is 0.190. The van der Waals surface area contributed by atoms with Crippen molar-refractivity contribution in [2.24, 2.45) is 0 Å². The van der Waals surface area contributed by atoms with Gasteiger partial charge in [-0.05, 0) is 64.0 Å². The van der Waals surface area contributed by atoms with Crippen LogP contribution in [0.5, 0.6) is 0 Å². The molecular formula is C42H37FN10. The highest BCUT2D eigenvalue weighted by Gasteiger charge is 2.22. The zero-order valence-electron chi connectivity index (χ0n) is 29.1. The smallest absolute Gasteiger partial charge is 0.225 e. The largest absolute Gasteiger partial charge is 0.366 e. The highest BCUT2D eigenvalue weighted by atomic mass is 19.1. The van der Waals surface area contributed by atoms with Crippen molar-refractivity contribution in [3.63, 3.8) is 0 Å². The molecule has 2 fully saturated rings. The van der Waals surface area contributed by atoms with Crippen molar-refractivity contribution in [1.82, 2.24) is 29.9 Å². The maximum absolute atomic E-state index is 14.0. The first-order chi connectivity index (χ1) is 26.1. The molecule has 0 atom stereocenters. The summed E-state index contributed by atoms with van der Waals surface area (Å²) >= 11 is 0. The van der Waals surface area contributed by atoms with E-state index >= 15 is 0 Å². The molecule has 8 aromatic rings. The summed E-state index contributed by atoms with van der Waals surface area (Å²) < 4.78 is 14.0. The molecule has 0 aliphatic carbocycles. The van der Waals surface area contributed by atoms with Gasteiger partial charge in [-0.25, -0.2) is 24.3 Å². The predicted octanol–water partition coefficient (Wildman–Crippen LogP) is 7.15. The Morgan fingerprint density at radius 2 is 0.830 bits per heavy atom. The molecule has 0 radical (unpaired) electrons. The van der Waals surface area contributed by atoms with E-state index in [4.69, 9.17) is 9.97 Å². The number of benzene rings is 5. The Hall–Kier alpha value is -6.49. The number of anilines is 4. The molecule has 0 saturated carbocycles. The molecule has 0 N–H and O–H groups in total. The van der Waals surface area contributed by atoms with Gasteiger partial charge in [-0.2, -0.15) is 0 Å². The highest BCUT2D eigenvalue weighted by molar-refractivity contribution is 5.96. The van der Waals surface area contributed by atoms with Gasteiger partial charge in [-0.3, -0.25) is 9.97 Å². The summed E-state index contributed by atoms with van der Waals surface area (Å²) in [5, 5.41) is 4.72.